The van der Waals surface area contributed by atoms with Crippen molar-refractivity contribution in [2.45, 2.75) is 32.9 Å². The fourth-order valence-electron chi connectivity index (χ4n) is 2.82. The Morgan fingerprint density at radius 1 is 1.24 bits per heavy atom. The molecule has 0 saturated carbocycles. The van der Waals surface area contributed by atoms with Crippen molar-refractivity contribution in [3.63, 3.8) is 0 Å². The molecule has 128 valence electrons. The molecular formula is C20H22N4O. The van der Waals surface area contributed by atoms with Crippen LogP contribution in [0.5, 0.6) is 0 Å². The quantitative estimate of drug-likeness (QED) is 0.751. The maximum absolute atomic E-state index is 12.7. The van der Waals surface area contributed by atoms with Crippen LogP contribution in [0.15, 0.2) is 61.4 Å². The number of carbonyl (C=O) groups excluding carboxylic acids is 1. The molecule has 2 aromatic heterocycles. The van der Waals surface area contributed by atoms with Crippen LogP contribution < -0.4 is 5.32 Å². The highest BCUT2D eigenvalue weighted by molar-refractivity contribution is 5.95. The summed E-state index contributed by atoms with van der Waals surface area (Å²) in [5.74, 6) is -0.0551. The molecule has 3 aromatic rings. The summed E-state index contributed by atoms with van der Waals surface area (Å²) < 4.78 is 1.98. The Hall–Kier alpha value is -2.95. The van der Waals surface area contributed by atoms with Crippen molar-refractivity contribution >= 4 is 5.91 Å². The average Bonchev–Trinajstić information content (AvgIpc) is 3.14. The van der Waals surface area contributed by atoms with Crippen LogP contribution >= 0.6 is 0 Å². The van der Waals surface area contributed by atoms with Crippen molar-refractivity contribution in [3.8, 4) is 11.1 Å². The predicted molar refractivity (Wildman–Crippen MR) is 98.2 cm³/mol. The van der Waals surface area contributed by atoms with Crippen LogP contribution in [0, 0.1) is 6.92 Å². The maximum Gasteiger partial charge on any atom is 0.251 e. The van der Waals surface area contributed by atoms with E-state index in [0.29, 0.717) is 12.1 Å². The zero-order chi connectivity index (χ0) is 17.6. The lowest BCUT2D eigenvalue weighted by Crippen LogP contribution is -2.37. The van der Waals surface area contributed by atoms with E-state index in [-0.39, 0.29) is 11.9 Å². The number of benzene rings is 1. The van der Waals surface area contributed by atoms with Crippen molar-refractivity contribution in [2.24, 2.45) is 0 Å². The molecule has 0 bridgehead atoms. The SMILES string of the molecule is CC[C@@H](Cn1ccnc1)NC(=O)c1cccc(-c2ccncc2C)c1. The van der Waals surface area contributed by atoms with E-state index in [1.165, 1.54) is 0 Å². The van der Waals surface area contributed by atoms with Gasteiger partial charge in [-0.05, 0) is 48.2 Å². The Labute approximate surface area is 147 Å². The highest BCUT2D eigenvalue weighted by Crippen LogP contribution is 2.23. The second-order valence-corrected chi connectivity index (χ2v) is 6.11. The van der Waals surface area contributed by atoms with Crippen LogP contribution in [0.3, 0.4) is 0 Å². The van der Waals surface area contributed by atoms with E-state index in [4.69, 9.17) is 0 Å². The number of hydrogen-bond donors (Lipinski definition) is 1. The molecular weight excluding hydrogens is 312 g/mol. The van der Waals surface area contributed by atoms with Crippen molar-refractivity contribution in [3.05, 3.63) is 72.6 Å². The van der Waals surface area contributed by atoms with Gasteiger partial charge >= 0.3 is 0 Å². The molecule has 0 fully saturated rings. The Morgan fingerprint density at radius 2 is 2.12 bits per heavy atom. The summed E-state index contributed by atoms with van der Waals surface area (Å²) in [6, 6.07) is 9.75. The Kier molecular flexibility index (Phi) is 5.23. The lowest BCUT2D eigenvalue weighted by Gasteiger charge is -2.18. The van der Waals surface area contributed by atoms with E-state index in [1.54, 1.807) is 18.7 Å². The fourth-order valence-corrected chi connectivity index (χ4v) is 2.82. The fraction of sp³-hybridized carbons (Fsp3) is 0.250. The normalized spacial score (nSPS) is 11.9. The summed E-state index contributed by atoms with van der Waals surface area (Å²) in [6.07, 6.45) is 9.87. The Morgan fingerprint density at radius 3 is 2.84 bits per heavy atom. The third kappa shape index (κ3) is 4.12. The first kappa shape index (κ1) is 16.9. The van der Waals surface area contributed by atoms with Crippen molar-refractivity contribution in [1.29, 1.82) is 0 Å². The highest BCUT2D eigenvalue weighted by Gasteiger charge is 2.13. The molecule has 5 heteroatoms. The van der Waals surface area contributed by atoms with Crippen LogP contribution in [-0.4, -0.2) is 26.5 Å². The number of pyridine rings is 1. The number of rotatable bonds is 6. The number of hydrogen-bond acceptors (Lipinski definition) is 3. The first-order chi connectivity index (χ1) is 12.2. The Balaban J connectivity index is 1.76. The Bertz CT molecular complexity index is 842. The lowest BCUT2D eigenvalue weighted by molar-refractivity contribution is 0.0932. The molecule has 2 heterocycles. The first-order valence-electron chi connectivity index (χ1n) is 8.45. The molecule has 0 aliphatic rings. The van der Waals surface area contributed by atoms with Gasteiger partial charge in [-0.25, -0.2) is 4.98 Å². The van der Waals surface area contributed by atoms with Gasteiger partial charge in [0.15, 0.2) is 0 Å². The molecule has 0 aliphatic carbocycles. The molecule has 0 saturated heterocycles. The van der Waals surface area contributed by atoms with Crippen LogP contribution in [0.1, 0.15) is 29.3 Å². The van der Waals surface area contributed by atoms with Crippen molar-refractivity contribution in [2.75, 3.05) is 0 Å². The summed E-state index contributed by atoms with van der Waals surface area (Å²) in [4.78, 5) is 20.8. The largest absolute Gasteiger partial charge is 0.348 e. The molecule has 3 rings (SSSR count). The molecule has 1 aromatic carbocycles. The summed E-state index contributed by atoms with van der Waals surface area (Å²) in [6.45, 7) is 4.80. The minimum atomic E-state index is -0.0551. The van der Waals surface area contributed by atoms with E-state index in [2.05, 4.69) is 22.2 Å². The van der Waals surface area contributed by atoms with E-state index in [1.807, 2.05) is 54.2 Å². The zero-order valence-electron chi connectivity index (χ0n) is 14.5. The van der Waals surface area contributed by atoms with Crippen LogP contribution in [0.2, 0.25) is 0 Å². The van der Waals surface area contributed by atoms with Gasteiger partial charge in [-0.15, -0.1) is 0 Å². The predicted octanol–water partition coefficient (Wildman–Crippen LogP) is 3.46. The maximum atomic E-state index is 12.7. The summed E-state index contributed by atoms with van der Waals surface area (Å²) >= 11 is 0. The second-order valence-electron chi connectivity index (χ2n) is 6.11. The van der Waals surface area contributed by atoms with Gasteiger partial charge in [0, 0.05) is 42.9 Å². The van der Waals surface area contributed by atoms with E-state index >= 15 is 0 Å². The third-order valence-electron chi connectivity index (χ3n) is 4.27. The van der Waals surface area contributed by atoms with Gasteiger partial charge in [-0.1, -0.05) is 19.1 Å². The van der Waals surface area contributed by atoms with Crippen LogP contribution in [0.25, 0.3) is 11.1 Å². The summed E-state index contributed by atoms with van der Waals surface area (Å²) in [5, 5.41) is 3.11. The molecule has 0 aliphatic heterocycles. The minimum Gasteiger partial charge on any atom is -0.348 e. The summed E-state index contributed by atoms with van der Waals surface area (Å²) in [5.41, 5.74) is 3.87. The molecule has 1 amide bonds. The summed E-state index contributed by atoms with van der Waals surface area (Å²) in [7, 11) is 0. The topological polar surface area (TPSA) is 59.8 Å². The number of aromatic nitrogens is 3. The molecule has 25 heavy (non-hydrogen) atoms. The number of aryl methyl sites for hydroxylation is 1. The molecule has 0 spiro atoms. The monoisotopic (exact) mass is 334 g/mol. The number of nitrogens with one attached hydrogen (secondary N) is 1. The lowest BCUT2D eigenvalue weighted by atomic mass is 10.0. The standard InChI is InChI=1S/C20H22N4O/c1-3-18(13-24-10-9-22-14-24)23-20(25)17-6-4-5-16(11-17)19-7-8-21-12-15(19)2/h4-12,14,18H,3,13H2,1-2H3,(H,23,25)/t18-/m0/s1. The highest BCUT2D eigenvalue weighted by atomic mass is 16.1. The minimum absolute atomic E-state index is 0.0551. The van der Waals surface area contributed by atoms with Gasteiger partial charge in [0.25, 0.3) is 5.91 Å². The number of carbonyl (C=O) groups is 1. The molecule has 1 N–H and O–H groups in total. The van der Waals surface area contributed by atoms with Crippen molar-refractivity contribution < 1.29 is 4.79 Å². The first-order valence-corrected chi connectivity index (χ1v) is 8.45. The smallest absolute Gasteiger partial charge is 0.251 e. The van der Waals surface area contributed by atoms with Gasteiger partial charge < -0.3 is 9.88 Å². The van der Waals surface area contributed by atoms with Gasteiger partial charge in [0.2, 0.25) is 0 Å². The van der Waals surface area contributed by atoms with Crippen LogP contribution in [-0.2, 0) is 6.54 Å². The second kappa shape index (κ2) is 7.75. The van der Waals surface area contributed by atoms with Gasteiger partial charge in [-0.3, -0.25) is 9.78 Å². The average molecular weight is 334 g/mol. The number of imidazole rings is 1. The van der Waals surface area contributed by atoms with E-state index in [0.717, 1.165) is 23.1 Å². The van der Waals surface area contributed by atoms with Gasteiger partial charge in [0.1, 0.15) is 0 Å². The van der Waals surface area contributed by atoms with E-state index in [9.17, 15) is 4.79 Å². The molecule has 0 radical (unpaired) electrons. The van der Waals surface area contributed by atoms with Gasteiger partial charge in [-0.2, -0.15) is 0 Å². The number of amides is 1. The molecule has 5 nitrogen and oxygen atoms in total. The third-order valence-corrected chi connectivity index (χ3v) is 4.27. The zero-order valence-corrected chi connectivity index (χ0v) is 14.5. The van der Waals surface area contributed by atoms with E-state index < -0.39 is 0 Å². The van der Waals surface area contributed by atoms with Crippen molar-refractivity contribution in [1.82, 2.24) is 19.9 Å². The van der Waals surface area contributed by atoms with Crippen LogP contribution in [0.4, 0.5) is 0 Å². The molecule has 0 unspecified atom stereocenters. The number of nitrogens with zero attached hydrogens (tertiary/aromatic N) is 3. The molecule has 1 atom stereocenters. The van der Waals surface area contributed by atoms with Gasteiger partial charge in [0.05, 0.1) is 6.33 Å².